The number of hydrogen-bond acceptors (Lipinski definition) is 5. The summed E-state index contributed by atoms with van der Waals surface area (Å²) in [4.78, 5) is 22.1. The van der Waals surface area contributed by atoms with Crippen molar-refractivity contribution in [3.8, 4) is 0 Å². The highest BCUT2D eigenvalue weighted by Crippen LogP contribution is 2.27. The summed E-state index contributed by atoms with van der Waals surface area (Å²) in [7, 11) is -3.76. The van der Waals surface area contributed by atoms with Crippen LogP contribution in [0.15, 0.2) is 47.4 Å². The van der Waals surface area contributed by atoms with Crippen LogP contribution >= 0.6 is 23.2 Å². The van der Waals surface area contributed by atoms with Gasteiger partial charge in [0.25, 0.3) is 5.69 Å². The molecule has 2 rings (SSSR count). The molecule has 0 spiro atoms. The van der Waals surface area contributed by atoms with Crippen molar-refractivity contribution in [3.05, 3.63) is 62.6 Å². The first-order chi connectivity index (χ1) is 12.2. The molecule has 0 aliphatic rings. The summed E-state index contributed by atoms with van der Waals surface area (Å²) in [6.45, 7) is -0.146. The molecular formula is C15H13Cl2N3O5S. The highest BCUT2D eigenvalue weighted by Gasteiger charge is 2.16. The number of rotatable bonds is 7. The fourth-order valence-corrected chi connectivity index (χ4v) is 3.29. The van der Waals surface area contributed by atoms with E-state index in [1.54, 1.807) is 0 Å². The Balaban J connectivity index is 1.92. The van der Waals surface area contributed by atoms with Crippen molar-refractivity contribution in [1.29, 1.82) is 0 Å². The van der Waals surface area contributed by atoms with Crippen molar-refractivity contribution < 1.29 is 18.1 Å². The topological polar surface area (TPSA) is 118 Å². The standard InChI is InChI=1S/C15H13Cl2N3O5S/c16-10-1-4-12(5-2-10)26(24,25)18-8-7-15(21)19-11-3-6-13(17)14(9-11)20(22)23/h1-6,9,18H,7-8H2,(H,19,21). The average molecular weight is 418 g/mol. The number of anilines is 1. The first-order valence-electron chi connectivity index (χ1n) is 7.18. The third-order valence-corrected chi connectivity index (χ3v) is 5.24. The molecular weight excluding hydrogens is 405 g/mol. The predicted molar refractivity (Wildman–Crippen MR) is 98.0 cm³/mol. The third-order valence-electron chi connectivity index (χ3n) is 3.19. The van der Waals surface area contributed by atoms with E-state index < -0.39 is 20.9 Å². The van der Waals surface area contributed by atoms with Crippen molar-refractivity contribution >= 4 is 50.5 Å². The zero-order valence-corrected chi connectivity index (χ0v) is 15.4. The number of nitrogens with zero attached hydrogens (tertiary/aromatic N) is 1. The summed E-state index contributed by atoms with van der Waals surface area (Å²) in [5.41, 5.74) is -0.153. The Labute approximate surface area is 159 Å². The van der Waals surface area contributed by atoms with E-state index in [-0.39, 0.29) is 34.3 Å². The summed E-state index contributed by atoms with van der Waals surface area (Å²) in [5.74, 6) is -0.513. The quantitative estimate of drug-likeness (QED) is 0.529. The Kier molecular flexibility index (Phi) is 6.54. The minimum atomic E-state index is -3.76. The first kappa shape index (κ1) is 20.1. The van der Waals surface area contributed by atoms with Gasteiger partial charge in [0, 0.05) is 29.7 Å². The Morgan fingerprint density at radius 2 is 1.77 bits per heavy atom. The molecule has 0 saturated heterocycles. The number of carbonyl (C=O) groups is 1. The average Bonchev–Trinajstić information content (AvgIpc) is 2.56. The molecule has 2 N–H and O–H groups in total. The fourth-order valence-electron chi connectivity index (χ4n) is 1.95. The van der Waals surface area contributed by atoms with Crippen molar-refractivity contribution in [2.75, 3.05) is 11.9 Å². The van der Waals surface area contributed by atoms with E-state index in [1.807, 2.05) is 0 Å². The van der Waals surface area contributed by atoms with Gasteiger partial charge < -0.3 is 5.32 Å². The summed E-state index contributed by atoms with van der Waals surface area (Å²) >= 11 is 11.4. The molecule has 11 heteroatoms. The van der Waals surface area contributed by atoms with Crippen LogP contribution in [0.2, 0.25) is 10.0 Å². The molecule has 1 amide bonds. The number of carbonyl (C=O) groups excluding carboxylic acids is 1. The summed E-state index contributed by atoms with van der Waals surface area (Å²) in [6.07, 6.45) is -0.163. The van der Waals surface area contributed by atoms with Crippen LogP contribution in [0.3, 0.4) is 0 Å². The maximum absolute atomic E-state index is 12.1. The van der Waals surface area contributed by atoms with Crippen LogP contribution in [0.5, 0.6) is 0 Å². The van der Waals surface area contributed by atoms with Crippen LogP contribution in [0.1, 0.15) is 6.42 Å². The molecule has 0 saturated carbocycles. The van der Waals surface area contributed by atoms with E-state index in [1.165, 1.54) is 36.4 Å². The van der Waals surface area contributed by atoms with Gasteiger partial charge in [-0.05, 0) is 36.4 Å². The van der Waals surface area contributed by atoms with Gasteiger partial charge in [-0.2, -0.15) is 0 Å². The number of nitro groups is 1. The van der Waals surface area contributed by atoms with Gasteiger partial charge in [0.1, 0.15) is 5.02 Å². The van der Waals surface area contributed by atoms with Gasteiger partial charge in [0.05, 0.1) is 9.82 Å². The van der Waals surface area contributed by atoms with Crippen LogP contribution in [-0.4, -0.2) is 25.8 Å². The molecule has 0 bridgehead atoms. The molecule has 8 nitrogen and oxygen atoms in total. The van der Waals surface area contributed by atoms with Crippen LogP contribution < -0.4 is 10.0 Å². The van der Waals surface area contributed by atoms with Crippen molar-refractivity contribution in [1.82, 2.24) is 4.72 Å². The van der Waals surface area contributed by atoms with E-state index in [0.717, 1.165) is 6.07 Å². The van der Waals surface area contributed by atoms with E-state index in [9.17, 15) is 23.3 Å². The fraction of sp³-hybridized carbons (Fsp3) is 0.133. The number of nitro benzene ring substituents is 1. The number of nitrogens with one attached hydrogen (secondary N) is 2. The second kappa shape index (κ2) is 8.45. The number of halogens is 2. The minimum absolute atomic E-state index is 0.0237. The molecule has 0 heterocycles. The van der Waals surface area contributed by atoms with Crippen LogP contribution in [0.25, 0.3) is 0 Å². The molecule has 0 unspecified atom stereocenters. The monoisotopic (exact) mass is 417 g/mol. The molecule has 0 aliphatic heterocycles. The smallest absolute Gasteiger partial charge is 0.289 e. The zero-order chi connectivity index (χ0) is 19.3. The first-order valence-corrected chi connectivity index (χ1v) is 9.42. The lowest BCUT2D eigenvalue weighted by Gasteiger charge is -2.08. The third kappa shape index (κ3) is 5.40. The highest BCUT2D eigenvalue weighted by molar-refractivity contribution is 7.89. The SMILES string of the molecule is O=C(CCNS(=O)(=O)c1ccc(Cl)cc1)Nc1ccc(Cl)c([N+](=O)[O-])c1. The second-order valence-corrected chi connectivity index (χ2v) is 7.68. The predicted octanol–water partition coefficient (Wildman–Crippen LogP) is 3.21. The largest absolute Gasteiger partial charge is 0.326 e. The van der Waals surface area contributed by atoms with Gasteiger partial charge >= 0.3 is 0 Å². The van der Waals surface area contributed by atoms with Crippen molar-refractivity contribution in [3.63, 3.8) is 0 Å². The summed E-state index contributed by atoms with van der Waals surface area (Å²) < 4.78 is 26.4. The van der Waals surface area contributed by atoms with Gasteiger partial charge in [0.15, 0.2) is 0 Å². The minimum Gasteiger partial charge on any atom is -0.326 e. The van der Waals surface area contributed by atoms with E-state index in [2.05, 4.69) is 10.0 Å². The van der Waals surface area contributed by atoms with Gasteiger partial charge in [-0.3, -0.25) is 14.9 Å². The summed E-state index contributed by atoms with van der Waals surface area (Å²) in [6, 6.07) is 9.39. The molecule has 0 aliphatic carbocycles. The van der Waals surface area contributed by atoms with Crippen LogP contribution in [0, 0.1) is 10.1 Å². The van der Waals surface area contributed by atoms with Gasteiger partial charge in [-0.15, -0.1) is 0 Å². The van der Waals surface area contributed by atoms with Crippen LogP contribution in [-0.2, 0) is 14.8 Å². The molecule has 2 aromatic carbocycles. The van der Waals surface area contributed by atoms with Gasteiger partial charge in [-0.1, -0.05) is 23.2 Å². The number of benzene rings is 2. The van der Waals surface area contributed by atoms with Crippen molar-refractivity contribution in [2.24, 2.45) is 0 Å². The zero-order valence-electron chi connectivity index (χ0n) is 13.1. The molecule has 26 heavy (non-hydrogen) atoms. The van der Waals surface area contributed by atoms with Gasteiger partial charge in [-0.25, -0.2) is 13.1 Å². The molecule has 138 valence electrons. The molecule has 0 aromatic heterocycles. The number of hydrogen-bond donors (Lipinski definition) is 2. The highest BCUT2D eigenvalue weighted by atomic mass is 35.5. The molecule has 0 radical (unpaired) electrons. The Bertz CT molecular complexity index is 933. The second-order valence-electron chi connectivity index (χ2n) is 5.07. The Morgan fingerprint density at radius 3 is 2.38 bits per heavy atom. The normalized spacial score (nSPS) is 11.2. The molecule has 0 atom stereocenters. The molecule has 0 fully saturated rings. The van der Waals surface area contributed by atoms with E-state index in [4.69, 9.17) is 23.2 Å². The lowest BCUT2D eigenvalue weighted by Crippen LogP contribution is -2.27. The molecule has 2 aromatic rings. The number of amides is 1. The van der Waals surface area contributed by atoms with E-state index >= 15 is 0 Å². The maximum atomic E-state index is 12.1. The summed E-state index contributed by atoms with van der Waals surface area (Å²) in [5, 5.41) is 13.6. The van der Waals surface area contributed by atoms with Crippen molar-refractivity contribution in [2.45, 2.75) is 11.3 Å². The Morgan fingerprint density at radius 1 is 1.12 bits per heavy atom. The Hall–Kier alpha value is -2.20. The number of sulfonamides is 1. The maximum Gasteiger partial charge on any atom is 0.289 e. The van der Waals surface area contributed by atoms with Gasteiger partial charge in [0.2, 0.25) is 15.9 Å². The van der Waals surface area contributed by atoms with Crippen LogP contribution in [0.4, 0.5) is 11.4 Å². The lowest BCUT2D eigenvalue weighted by molar-refractivity contribution is -0.384. The lowest BCUT2D eigenvalue weighted by atomic mass is 10.2. The van der Waals surface area contributed by atoms with E-state index in [0.29, 0.717) is 5.02 Å².